The van der Waals surface area contributed by atoms with Crippen molar-refractivity contribution in [3.8, 4) is 0 Å². The molecule has 0 spiro atoms. The minimum Gasteiger partial charge on any atom is -0.302 e. The molecule has 0 radical (unpaired) electrons. The van der Waals surface area contributed by atoms with Crippen molar-refractivity contribution in [2.75, 3.05) is 0 Å². The van der Waals surface area contributed by atoms with Crippen LogP contribution in [0.1, 0.15) is 11.5 Å². The fourth-order valence-corrected chi connectivity index (χ4v) is 1.26. The lowest BCUT2D eigenvalue weighted by molar-refractivity contribution is -0.394. The molecular weight excluding hydrogens is 232 g/mol. The summed E-state index contributed by atoms with van der Waals surface area (Å²) in [5.74, 6) is -1.30. The van der Waals surface area contributed by atoms with E-state index in [0.717, 1.165) is 18.2 Å². The van der Waals surface area contributed by atoms with Gasteiger partial charge in [-0.1, -0.05) is 0 Å². The topological polar surface area (TPSA) is 120 Å². The summed E-state index contributed by atoms with van der Waals surface area (Å²) in [6, 6.07) is 2.75. The van der Waals surface area contributed by atoms with Crippen molar-refractivity contribution in [3.05, 3.63) is 44.0 Å². The lowest BCUT2D eigenvalue weighted by Crippen LogP contribution is -2.06. The van der Waals surface area contributed by atoms with Gasteiger partial charge in [-0.25, -0.2) is 0 Å². The van der Waals surface area contributed by atoms with Crippen LogP contribution >= 0.6 is 0 Å². The Kier molecular flexibility index (Phi) is 3.60. The van der Waals surface area contributed by atoms with Crippen LogP contribution in [0.2, 0.25) is 0 Å². The van der Waals surface area contributed by atoms with E-state index in [1.54, 1.807) is 0 Å². The van der Waals surface area contributed by atoms with Crippen LogP contribution in [0.3, 0.4) is 0 Å². The molecule has 0 unspecified atom stereocenters. The zero-order valence-corrected chi connectivity index (χ0v) is 8.31. The second-order valence-corrected chi connectivity index (χ2v) is 3.06. The quantitative estimate of drug-likeness (QED) is 0.326. The highest BCUT2D eigenvalue weighted by molar-refractivity contribution is 5.86. The number of hydrogen-bond acceptors (Lipinski definition) is 6. The van der Waals surface area contributed by atoms with Gasteiger partial charge >= 0.3 is 0 Å². The number of benzene rings is 1. The monoisotopic (exact) mass is 238 g/mol. The lowest BCUT2D eigenvalue weighted by atomic mass is 10.00. The van der Waals surface area contributed by atoms with Gasteiger partial charge in [-0.2, -0.15) is 0 Å². The molecule has 1 aromatic rings. The van der Waals surface area contributed by atoms with Crippen LogP contribution in [-0.4, -0.2) is 22.4 Å². The summed E-state index contributed by atoms with van der Waals surface area (Å²) in [6.45, 7) is 0. The predicted octanol–water partition coefficient (Wildman–Crippen LogP) is 0.984. The Morgan fingerprint density at radius 2 is 1.65 bits per heavy atom. The molecule has 8 heteroatoms. The Hall–Kier alpha value is -2.64. The van der Waals surface area contributed by atoms with E-state index in [-0.39, 0.29) is 18.1 Å². The van der Waals surface area contributed by atoms with E-state index in [1.807, 2.05) is 0 Å². The molecule has 0 aliphatic rings. The van der Waals surface area contributed by atoms with E-state index < -0.39 is 27.1 Å². The third-order valence-electron chi connectivity index (χ3n) is 2.07. The number of non-ortho nitro benzene ring substituents is 1. The van der Waals surface area contributed by atoms with E-state index in [9.17, 15) is 29.8 Å². The molecule has 0 aliphatic carbocycles. The molecule has 8 nitrogen and oxygen atoms in total. The summed E-state index contributed by atoms with van der Waals surface area (Å²) in [4.78, 5) is 40.5. The molecule has 1 aromatic carbocycles. The Morgan fingerprint density at radius 1 is 1.06 bits per heavy atom. The number of rotatable bonds is 5. The van der Waals surface area contributed by atoms with Crippen molar-refractivity contribution in [2.45, 2.75) is 5.92 Å². The number of nitro benzene ring substituents is 2. The van der Waals surface area contributed by atoms with E-state index in [0.29, 0.717) is 0 Å². The Morgan fingerprint density at radius 3 is 2.06 bits per heavy atom. The van der Waals surface area contributed by atoms with Gasteiger partial charge in [-0.15, -0.1) is 0 Å². The largest absolute Gasteiger partial charge is 0.302 e. The van der Waals surface area contributed by atoms with E-state index in [4.69, 9.17) is 0 Å². The van der Waals surface area contributed by atoms with Crippen LogP contribution in [0, 0.1) is 20.2 Å². The Balaban J connectivity index is 3.40. The van der Waals surface area contributed by atoms with Gasteiger partial charge in [0.15, 0.2) is 0 Å². The van der Waals surface area contributed by atoms with Crippen LogP contribution < -0.4 is 0 Å². The van der Waals surface area contributed by atoms with Crippen molar-refractivity contribution in [1.29, 1.82) is 0 Å². The maximum Gasteiger partial charge on any atom is 0.280 e. The van der Waals surface area contributed by atoms with E-state index >= 15 is 0 Å². The molecule has 0 aliphatic heterocycles. The molecular formula is C9H6N2O6. The molecule has 1 rings (SSSR count). The van der Waals surface area contributed by atoms with Crippen molar-refractivity contribution < 1.29 is 19.4 Å². The second kappa shape index (κ2) is 4.92. The molecule has 0 heterocycles. The normalized spacial score (nSPS) is 9.94. The zero-order valence-electron chi connectivity index (χ0n) is 8.31. The maximum absolute atomic E-state index is 10.7. The van der Waals surface area contributed by atoms with Gasteiger partial charge < -0.3 is 9.59 Å². The van der Waals surface area contributed by atoms with Crippen molar-refractivity contribution in [1.82, 2.24) is 0 Å². The molecule has 0 N–H and O–H groups in total. The first-order chi connectivity index (χ1) is 8.01. The Bertz CT molecular complexity index is 490. The van der Waals surface area contributed by atoms with Crippen molar-refractivity contribution >= 4 is 23.9 Å². The molecule has 0 aromatic heterocycles. The average Bonchev–Trinajstić information content (AvgIpc) is 2.30. The number of nitrogens with zero attached hydrogens (tertiary/aromatic N) is 2. The van der Waals surface area contributed by atoms with Gasteiger partial charge in [-0.05, 0) is 6.07 Å². The van der Waals surface area contributed by atoms with Crippen LogP contribution in [0.25, 0.3) is 0 Å². The molecule has 88 valence electrons. The number of carbonyl (C=O) groups is 2. The maximum atomic E-state index is 10.7. The Labute approximate surface area is 94.2 Å². The van der Waals surface area contributed by atoms with Gasteiger partial charge in [0.25, 0.3) is 11.4 Å². The molecule has 0 bridgehead atoms. The van der Waals surface area contributed by atoms with E-state index in [1.165, 1.54) is 0 Å². The summed E-state index contributed by atoms with van der Waals surface area (Å²) in [5, 5.41) is 21.1. The van der Waals surface area contributed by atoms with E-state index in [2.05, 4.69) is 0 Å². The van der Waals surface area contributed by atoms with Crippen molar-refractivity contribution in [3.63, 3.8) is 0 Å². The highest BCUT2D eigenvalue weighted by atomic mass is 16.6. The standard InChI is InChI=1S/C9H6N2O6/c12-4-6(5-13)8-2-1-7(10(14)15)3-9(8)11(16)17/h1-6H. The fraction of sp³-hybridized carbons (Fsp3) is 0.111. The molecule has 0 saturated heterocycles. The second-order valence-electron chi connectivity index (χ2n) is 3.06. The number of aldehydes is 2. The highest BCUT2D eigenvalue weighted by Crippen LogP contribution is 2.28. The molecule has 17 heavy (non-hydrogen) atoms. The SMILES string of the molecule is O=CC(C=O)c1ccc([N+](=O)[O-])cc1[N+](=O)[O-]. The smallest absolute Gasteiger partial charge is 0.280 e. The highest BCUT2D eigenvalue weighted by Gasteiger charge is 2.24. The van der Waals surface area contributed by atoms with Crippen LogP contribution in [0.5, 0.6) is 0 Å². The van der Waals surface area contributed by atoms with Gasteiger partial charge in [0.05, 0.1) is 15.9 Å². The third-order valence-corrected chi connectivity index (χ3v) is 2.07. The van der Waals surface area contributed by atoms with Crippen LogP contribution in [0.4, 0.5) is 11.4 Å². The first-order valence-electron chi connectivity index (χ1n) is 4.34. The van der Waals surface area contributed by atoms with Gasteiger partial charge in [0.2, 0.25) is 0 Å². The average molecular weight is 238 g/mol. The molecule has 0 saturated carbocycles. The molecule has 0 amide bonds. The number of nitro groups is 2. The minimum atomic E-state index is -1.30. The van der Waals surface area contributed by atoms with Gasteiger partial charge in [0.1, 0.15) is 18.5 Å². The van der Waals surface area contributed by atoms with Crippen molar-refractivity contribution in [2.24, 2.45) is 0 Å². The summed E-state index contributed by atoms with van der Waals surface area (Å²) >= 11 is 0. The summed E-state index contributed by atoms with van der Waals surface area (Å²) < 4.78 is 0. The zero-order chi connectivity index (χ0) is 13.0. The predicted molar refractivity (Wildman–Crippen MR) is 54.6 cm³/mol. The number of carbonyl (C=O) groups excluding carboxylic acids is 2. The molecule has 0 atom stereocenters. The van der Waals surface area contributed by atoms with Gasteiger partial charge in [0, 0.05) is 11.6 Å². The summed E-state index contributed by atoms with van der Waals surface area (Å²) in [7, 11) is 0. The van der Waals surface area contributed by atoms with Gasteiger partial charge in [-0.3, -0.25) is 20.2 Å². The summed E-state index contributed by atoms with van der Waals surface area (Å²) in [5.41, 5.74) is -1.26. The fourth-order valence-electron chi connectivity index (χ4n) is 1.26. The first kappa shape index (κ1) is 12.4. The van der Waals surface area contributed by atoms with Crippen LogP contribution in [0.15, 0.2) is 18.2 Å². The third kappa shape index (κ3) is 2.48. The van der Waals surface area contributed by atoms with Crippen LogP contribution in [-0.2, 0) is 9.59 Å². The summed E-state index contributed by atoms with van der Waals surface area (Å²) in [6.07, 6.45) is 0.475. The lowest BCUT2D eigenvalue weighted by Gasteiger charge is -2.03. The number of hydrogen-bond donors (Lipinski definition) is 0. The first-order valence-corrected chi connectivity index (χ1v) is 4.34. The molecule has 0 fully saturated rings. The minimum absolute atomic E-state index is 0.161.